The normalized spacial score (nSPS) is 14.7. The van der Waals surface area contributed by atoms with Gasteiger partial charge >= 0.3 is 0 Å². The maximum atomic E-state index is 14.6. The molecule has 0 radical (unpaired) electrons. The number of piperazine rings is 1. The van der Waals surface area contributed by atoms with Crippen molar-refractivity contribution in [2.75, 3.05) is 36.4 Å². The van der Waals surface area contributed by atoms with Gasteiger partial charge in [-0.2, -0.15) is 9.49 Å². The van der Waals surface area contributed by atoms with E-state index in [9.17, 15) is 4.39 Å². The number of benzene rings is 1. The lowest BCUT2D eigenvalue weighted by atomic mass is 10.2. The van der Waals surface area contributed by atoms with Crippen LogP contribution in [0.4, 0.5) is 21.8 Å². The Kier molecular flexibility index (Phi) is 4.66. The number of fused-ring (bicyclic) bond motifs is 3. The van der Waals surface area contributed by atoms with E-state index in [1.165, 1.54) is 0 Å². The first-order valence-corrected chi connectivity index (χ1v) is 10.1. The van der Waals surface area contributed by atoms with Crippen molar-refractivity contribution in [2.24, 2.45) is 0 Å². The van der Waals surface area contributed by atoms with Crippen molar-refractivity contribution in [2.45, 2.75) is 19.9 Å². The van der Waals surface area contributed by atoms with Gasteiger partial charge in [0.25, 0.3) is 0 Å². The number of nitrogens with one attached hydrogen (secondary N) is 2. The Morgan fingerprint density at radius 1 is 1.03 bits per heavy atom. The summed E-state index contributed by atoms with van der Waals surface area (Å²) in [5, 5.41) is 12.7. The Balaban J connectivity index is 1.48. The highest BCUT2D eigenvalue weighted by atomic mass is 19.1. The SMILES string of the molecule is CC(C)n1ncc2ccc3cnc(Nc4ccc(N5CCNCC5)c(F)n4)nc3c21. The average molecular weight is 406 g/mol. The molecule has 9 heteroatoms. The molecule has 0 amide bonds. The Morgan fingerprint density at radius 3 is 2.60 bits per heavy atom. The molecule has 154 valence electrons. The summed E-state index contributed by atoms with van der Waals surface area (Å²) in [6.07, 6.45) is 3.60. The number of anilines is 3. The van der Waals surface area contributed by atoms with Crippen LogP contribution in [0.15, 0.2) is 36.7 Å². The molecule has 0 atom stereocenters. The standard InChI is InChI=1S/C21H23FN8/c1-13(2)30-19-15(12-25-30)4-3-14-11-24-21(28-18(14)19)27-17-6-5-16(20(22)26-17)29-9-7-23-8-10-29/h3-6,11-13,23H,7-10H2,1-2H3,(H,24,26,27,28). The molecule has 0 aliphatic carbocycles. The number of nitrogens with zero attached hydrogens (tertiary/aromatic N) is 6. The fourth-order valence-corrected chi connectivity index (χ4v) is 3.83. The van der Waals surface area contributed by atoms with Gasteiger partial charge in [0.15, 0.2) is 0 Å². The van der Waals surface area contributed by atoms with Crippen LogP contribution in [0.5, 0.6) is 0 Å². The molecule has 3 aromatic heterocycles. The minimum Gasteiger partial charge on any atom is -0.365 e. The molecule has 1 aromatic carbocycles. The minimum atomic E-state index is -0.497. The smallest absolute Gasteiger partial charge is 0.238 e. The molecule has 8 nitrogen and oxygen atoms in total. The van der Waals surface area contributed by atoms with E-state index in [0.29, 0.717) is 17.5 Å². The van der Waals surface area contributed by atoms with Crippen molar-refractivity contribution in [3.05, 3.63) is 42.6 Å². The average Bonchev–Trinajstić information content (AvgIpc) is 3.20. The zero-order valence-corrected chi connectivity index (χ0v) is 16.9. The lowest BCUT2D eigenvalue weighted by molar-refractivity contribution is 0.549. The Bertz CT molecular complexity index is 1210. The first-order valence-electron chi connectivity index (χ1n) is 10.1. The number of aromatic nitrogens is 5. The summed E-state index contributed by atoms with van der Waals surface area (Å²) >= 11 is 0. The molecule has 2 N–H and O–H groups in total. The summed E-state index contributed by atoms with van der Waals surface area (Å²) in [6, 6.07) is 7.71. The first-order chi connectivity index (χ1) is 14.6. The van der Waals surface area contributed by atoms with Gasteiger partial charge in [0.05, 0.1) is 17.4 Å². The predicted octanol–water partition coefficient (Wildman–Crippen LogP) is 3.25. The van der Waals surface area contributed by atoms with Crippen LogP contribution in [0, 0.1) is 5.95 Å². The second-order valence-corrected chi connectivity index (χ2v) is 7.69. The molecule has 4 heterocycles. The van der Waals surface area contributed by atoms with Crippen LogP contribution in [0.2, 0.25) is 0 Å². The minimum absolute atomic E-state index is 0.202. The van der Waals surface area contributed by atoms with Crippen molar-refractivity contribution in [1.82, 2.24) is 30.0 Å². The quantitative estimate of drug-likeness (QED) is 0.503. The van der Waals surface area contributed by atoms with Crippen molar-refractivity contribution in [3.63, 3.8) is 0 Å². The molecule has 1 saturated heterocycles. The maximum Gasteiger partial charge on any atom is 0.238 e. The molecule has 1 aliphatic rings. The zero-order chi connectivity index (χ0) is 20.7. The number of hydrogen-bond acceptors (Lipinski definition) is 7. The van der Waals surface area contributed by atoms with Gasteiger partial charge in [-0.25, -0.2) is 15.0 Å². The number of rotatable bonds is 4. The predicted molar refractivity (Wildman–Crippen MR) is 116 cm³/mol. The van der Waals surface area contributed by atoms with Crippen LogP contribution in [0.1, 0.15) is 19.9 Å². The topological polar surface area (TPSA) is 83.8 Å². The van der Waals surface area contributed by atoms with Gasteiger partial charge in [0.2, 0.25) is 11.9 Å². The van der Waals surface area contributed by atoms with Crippen LogP contribution >= 0.6 is 0 Å². The van der Waals surface area contributed by atoms with Gasteiger partial charge in [-0.3, -0.25) is 4.68 Å². The van der Waals surface area contributed by atoms with E-state index in [0.717, 1.165) is 48.0 Å². The van der Waals surface area contributed by atoms with Crippen molar-refractivity contribution < 1.29 is 4.39 Å². The molecule has 0 spiro atoms. The van der Waals surface area contributed by atoms with Crippen LogP contribution in [-0.4, -0.2) is 50.9 Å². The van der Waals surface area contributed by atoms with Gasteiger partial charge in [-0.05, 0) is 26.0 Å². The van der Waals surface area contributed by atoms with E-state index in [1.807, 2.05) is 27.9 Å². The van der Waals surface area contributed by atoms with Gasteiger partial charge in [0, 0.05) is 49.2 Å². The summed E-state index contributed by atoms with van der Waals surface area (Å²) in [7, 11) is 0. The molecule has 1 aliphatic heterocycles. The van der Waals surface area contributed by atoms with E-state index in [2.05, 4.69) is 39.5 Å². The number of pyridine rings is 1. The highest BCUT2D eigenvalue weighted by Gasteiger charge is 2.17. The number of hydrogen-bond donors (Lipinski definition) is 2. The molecule has 0 saturated carbocycles. The molecular weight excluding hydrogens is 383 g/mol. The second kappa shape index (κ2) is 7.49. The lowest BCUT2D eigenvalue weighted by Gasteiger charge is -2.29. The largest absolute Gasteiger partial charge is 0.365 e. The molecular formula is C21H23FN8. The van der Waals surface area contributed by atoms with Gasteiger partial charge in [-0.15, -0.1) is 0 Å². The summed E-state index contributed by atoms with van der Waals surface area (Å²) in [6.45, 7) is 7.37. The van der Waals surface area contributed by atoms with Crippen LogP contribution in [0.3, 0.4) is 0 Å². The first kappa shape index (κ1) is 18.7. The Labute approximate surface area is 173 Å². The third kappa shape index (κ3) is 3.30. The van der Waals surface area contributed by atoms with Crippen molar-refractivity contribution in [1.29, 1.82) is 0 Å². The molecule has 0 bridgehead atoms. The van der Waals surface area contributed by atoms with Crippen molar-refractivity contribution in [3.8, 4) is 0 Å². The van der Waals surface area contributed by atoms with E-state index in [1.54, 1.807) is 18.3 Å². The fraction of sp³-hybridized carbons (Fsp3) is 0.333. The summed E-state index contributed by atoms with van der Waals surface area (Å²) in [5.74, 6) is 0.242. The highest BCUT2D eigenvalue weighted by molar-refractivity contribution is 6.03. The van der Waals surface area contributed by atoms with Crippen LogP contribution in [-0.2, 0) is 0 Å². The number of halogens is 1. The Hall–Kier alpha value is -3.33. The molecule has 30 heavy (non-hydrogen) atoms. The Morgan fingerprint density at radius 2 is 1.83 bits per heavy atom. The van der Waals surface area contributed by atoms with E-state index >= 15 is 0 Å². The van der Waals surface area contributed by atoms with Crippen LogP contribution < -0.4 is 15.5 Å². The zero-order valence-electron chi connectivity index (χ0n) is 16.9. The summed E-state index contributed by atoms with van der Waals surface area (Å²) in [5.41, 5.74) is 2.28. The summed E-state index contributed by atoms with van der Waals surface area (Å²) in [4.78, 5) is 15.2. The van der Waals surface area contributed by atoms with Crippen molar-refractivity contribution >= 4 is 39.3 Å². The summed E-state index contributed by atoms with van der Waals surface area (Å²) < 4.78 is 16.6. The van der Waals surface area contributed by atoms with E-state index in [4.69, 9.17) is 4.98 Å². The monoisotopic (exact) mass is 406 g/mol. The van der Waals surface area contributed by atoms with E-state index < -0.39 is 5.95 Å². The molecule has 5 rings (SSSR count). The van der Waals surface area contributed by atoms with Crippen LogP contribution in [0.25, 0.3) is 21.8 Å². The molecule has 4 aromatic rings. The maximum absolute atomic E-state index is 14.6. The highest BCUT2D eigenvalue weighted by Crippen LogP contribution is 2.27. The fourth-order valence-electron chi connectivity index (χ4n) is 3.83. The molecule has 1 fully saturated rings. The molecule has 0 unspecified atom stereocenters. The van der Waals surface area contributed by atoms with Gasteiger partial charge < -0.3 is 15.5 Å². The lowest BCUT2D eigenvalue weighted by Crippen LogP contribution is -2.44. The third-order valence-corrected chi connectivity index (χ3v) is 5.32. The second-order valence-electron chi connectivity index (χ2n) is 7.69. The van der Waals surface area contributed by atoms with Gasteiger partial charge in [0.1, 0.15) is 11.3 Å². The van der Waals surface area contributed by atoms with E-state index in [-0.39, 0.29) is 6.04 Å². The van der Waals surface area contributed by atoms with Gasteiger partial charge in [-0.1, -0.05) is 12.1 Å². The third-order valence-electron chi connectivity index (χ3n) is 5.32.